The van der Waals surface area contributed by atoms with Gasteiger partial charge in [-0.05, 0) is 31.1 Å². The van der Waals surface area contributed by atoms with E-state index in [-0.39, 0.29) is 12.5 Å². The third-order valence-corrected chi connectivity index (χ3v) is 4.01. The Kier molecular flexibility index (Phi) is 4.43. The highest BCUT2D eigenvalue weighted by Crippen LogP contribution is 2.13. The molecule has 1 aliphatic rings. The number of likely N-dealkylation sites (N-methyl/N-ethyl adjacent to an activating group) is 1. The zero-order chi connectivity index (χ0) is 15.4. The summed E-state index contributed by atoms with van der Waals surface area (Å²) in [6.07, 6.45) is 1.98. The molecular weight excluding hydrogens is 280 g/mol. The van der Waals surface area contributed by atoms with E-state index in [0.717, 1.165) is 31.5 Å². The summed E-state index contributed by atoms with van der Waals surface area (Å²) in [6, 6.07) is 9.92. The second-order valence-electron chi connectivity index (χ2n) is 5.50. The van der Waals surface area contributed by atoms with Crippen LogP contribution in [0.3, 0.4) is 0 Å². The summed E-state index contributed by atoms with van der Waals surface area (Å²) in [4.78, 5) is 15.5. The van der Waals surface area contributed by atoms with Crippen LogP contribution in [0.25, 0.3) is 11.4 Å². The zero-order valence-corrected chi connectivity index (χ0v) is 12.6. The van der Waals surface area contributed by atoms with E-state index >= 15 is 0 Å². The second kappa shape index (κ2) is 6.65. The van der Waals surface area contributed by atoms with Crippen LogP contribution in [0.15, 0.2) is 30.3 Å². The van der Waals surface area contributed by atoms with Gasteiger partial charge in [0.1, 0.15) is 6.54 Å². The molecule has 7 nitrogen and oxygen atoms in total. The number of carbonyl (C=O) groups is 1. The SMILES string of the molecule is CN(C(=O)Cn1nnc(-c2ccccc2)n1)C1CCNCC1. The number of carbonyl (C=O) groups excluding carboxylic acids is 1. The van der Waals surface area contributed by atoms with Gasteiger partial charge in [0.2, 0.25) is 11.7 Å². The standard InChI is InChI=1S/C15H20N6O/c1-20(13-7-9-16-10-8-13)14(22)11-21-18-15(17-19-21)12-5-3-2-4-6-12/h2-6,13,16H,7-11H2,1H3. The maximum atomic E-state index is 12.3. The van der Waals surface area contributed by atoms with E-state index in [0.29, 0.717) is 11.9 Å². The third kappa shape index (κ3) is 3.30. The topological polar surface area (TPSA) is 75.9 Å². The van der Waals surface area contributed by atoms with Crippen molar-refractivity contribution in [3.05, 3.63) is 30.3 Å². The van der Waals surface area contributed by atoms with E-state index in [1.54, 1.807) is 0 Å². The summed E-state index contributed by atoms with van der Waals surface area (Å²) in [6.45, 7) is 2.05. The number of hydrogen-bond donors (Lipinski definition) is 1. The van der Waals surface area contributed by atoms with Gasteiger partial charge >= 0.3 is 0 Å². The van der Waals surface area contributed by atoms with Gasteiger partial charge in [-0.2, -0.15) is 4.80 Å². The lowest BCUT2D eigenvalue weighted by atomic mass is 10.1. The second-order valence-corrected chi connectivity index (χ2v) is 5.50. The Balaban J connectivity index is 1.63. The molecular formula is C15H20N6O. The average molecular weight is 300 g/mol. The summed E-state index contributed by atoms with van der Waals surface area (Å²) < 4.78 is 0. The van der Waals surface area contributed by atoms with Crippen molar-refractivity contribution in [1.29, 1.82) is 0 Å². The normalized spacial score (nSPS) is 15.7. The van der Waals surface area contributed by atoms with E-state index in [1.165, 1.54) is 4.80 Å². The Morgan fingerprint density at radius 1 is 1.32 bits per heavy atom. The van der Waals surface area contributed by atoms with Crippen molar-refractivity contribution in [2.75, 3.05) is 20.1 Å². The Labute approximate surface area is 129 Å². The molecule has 3 rings (SSSR count). The molecule has 1 fully saturated rings. The first-order valence-electron chi connectivity index (χ1n) is 7.53. The fourth-order valence-corrected chi connectivity index (χ4v) is 2.64. The Morgan fingerprint density at radius 3 is 2.77 bits per heavy atom. The first kappa shape index (κ1) is 14.6. The lowest BCUT2D eigenvalue weighted by Gasteiger charge is -2.31. The van der Waals surface area contributed by atoms with Crippen molar-refractivity contribution in [3.8, 4) is 11.4 Å². The number of tetrazole rings is 1. The van der Waals surface area contributed by atoms with Gasteiger partial charge in [0.15, 0.2) is 0 Å². The molecule has 0 unspecified atom stereocenters. The van der Waals surface area contributed by atoms with Crippen LogP contribution in [0, 0.1) is 0 Å². The summed E-state index contributed by atoms with van der Waals surface area (Å²) >= 11 is 0. The first-order valence-corrected chi connectivity index (χ1v) is 7.53. The quantitative estimate of drug-likeness (QED) is 0.892. The minimum Gasteiger partial charge on any atom is -0.341 e. The molecule has 2 aromatic rings. The van der Waals surface area contributed by atoms with Crippen LogP contribution in [-0.4, -0.2) is 57.2 Å². The highest BCUT2D eigenvalue weighted by Gasteiger charge is 2.22. The van der Waals surface area contributed by atoms with Crippen molar-refractivity contribution in [2.24, 2.45) is 0 Å². The van der Waals surface area contributed by atoms with Crippen LogP contribution in [0.5, 0.6) is 0 Å². The molecule has 1 amide bonds. The van der Waals surface area contributed by atoms with Gasteiger partial charge in [0.05, 0.1) is 0 Å². The fourth-order valence-electron chi connectivity index (χ4n) is 2.64. The van der Waals surface area contributed by atoms with Gasteiger partial charge in [0.25, 0.3) is 0 Å². The van der Waals surface area contributed by atoms with E-state index in [1.807, 2.05) is 42.3 Å². The number of rotatable bonds is 4. The van der Waals surface area contributed by atoms with Gasteiger partial charge in [-0.3, -0.25) is 4.79 Å². The number of piperidine rings is 1. The van der Waals surface area contributed by atoms with Crippen molar-refractivity contribution < 1.29 is 4.79 Å². The van der Waals surface area contributed by atoms with Crippen molar-refractivity contribution >= 4 is 5.91 Å². The predicted octanol–water partition coefficient (Wildman–Crippen LogP) is 0.550. The fraction of sp³-hybridized carbons (Fsp3) is 0.467. The van der Waals surface area contributed by atoms with E-state index in [4.69, 9.17) is 0 Å². The number of aromatic nitrogens is 4. The predicted molar refractivity (Wildman–Crippen MR) is 81.9 cm³/mol. The highest BCUT2D eigenvalue weighted by atomic mass is 16.2. The molecule has 0 spiro atoms. The summed E-state index contributed by atoms with van der Waals surface area (Å²) in [5.74, 6) is 0.557. The minimum absolute atomic E-state index is 0.0175. The summed E-state index contributed by atoms with van der Waals surface area (Å²) in [7, 11) is 1.85. The zero-order valence-electron chi connectivity index (χ0n) is 12.6. The van der Waals surface area contributed by atoms with E-state index in [9.17, 15) is 4.79 Å². The molecule has 0 bridgehead atoms. The van der Waals surface area contributed by atoms with Gasteiger partial charge in [-0.15, -0.1) is 10.2 Å². The largest absolute Gasteiger partial charge is 0.341 e. The van der Waals surface area contributed by atoms with Crippen LogP contribution >= 0.6 is 0 Å². The Bertz CT molecular complexity index is 620. The molecule has 116 valence electrons. The van der Waals surface area contributed by atoms with E-state index in [2.05, 4.69) is 20.7 Å². The van der Waals surface area contributed by atoms with Crippen LogP contribution in [-0.2, 0) is 11.3 Å². The third-order valence-electron chi connectivity index (χ3n) is 4.01. The molecule has 0 aliphatic carbocycles. The van der Waals surface area contributed by atoms with Gasteiger partial charge in [-0.1, -0.05) is 30.3 Å². The molecule has 1 aromatic heterocycles. The van der Waals surface area contributed by atoms with Crippen LogP contribution < -0.4 is 5.32 Å². The lowest BCUT2D eigenvalue weighted by Crippen LogP contribution is -2.45. The highest BCUT2D eigenvalue weighted by molar-refractivity contribution is 5.75. The number of nitrogens with zero attached hydrogens (tertiary/aromatic N) is 5. The molecule has 1 N–H and O–H groups in total. The Morgan fingerprint density at radius 2 is 2.05 bits per heavy atom. The van der Waals surface area contributed by atoms with Gasteiger partial charge < -0.3 is 10.2 Å². The first-order chi connectivity index (χ1) is 10.7. The summed E-state index contributed by atoms with van der Waals surface area (Å²) in [5, 5.41) is 15.6. The van der Waals surface area contributed by atoms with Crippen molar-refractivity contribution in [1.82, 2.24) is 30.4 Å². The molecule has 0 saturated carbocycles. The maximum Gasteiger partial charge on any atom is 0.246 e. The van der Waals surface area contributed by atoms with Crippen molar-refractivity contribution in [2.45, 2.75) is 25.4 Å². The van der Waals surface area contributed by atoms with E-state index < -0.39 is 0 Å². The monoisotopic (exact) mass is 300 g/mol. The molecule has 22 heavy (non-hydrogen) atoms. The molecule has 1 saturated heterocycles. The van der Waals surface area contributed by atoms with Crippen LogP contribution in [0.4, 0.5) is 0 Å². The van der Waals surface area contributed by atoms with Crippen LogP contribution in [0.1, 0.15) is 12.8 Å². The number of hydrogen-bond acceptors (Lipinski definition) is 5. The van der Waals surface area contributed by atoms with Crippen LogP contribution in [0.2, 0.25) is 0 Å². The van der Waals surface area contributed by atoms with Crippen molar-refractivity contribution in [3.63, 3.8) is 0 Å². The summed E-state index contributed by atoms with van der Waals surface area (Å²) in [5.41, 5.74) is 0.896. The number of benzene rings is 1. The smallest absolute Gasteiger partial charge is 0.246 e. The Hall–Kier alpha value is -2.28. The molecule has 1 aliphatic heterocycles. The molecule has 0 radical (unpaired) electrons. The molecule has 7 heteroatoms. The number of nitrogens with one attached hydrogen (secondary N) is 1. The lowest BCUT2D eigenvalue weighted by molar-refractivity contribution is -0.133. The minimum atomic E-state index is 0.0175. The average Bonchev–Trinajstić information content (AvgIpc) is 3.04. The maximum absolute atomic E-state index is 12.3. The molecule has 2 heterocycles. The number of amides is 1. The molecule has 0 atom stereocenters. The van der Waals surface area contributed by atoms with Gasteiger partial charge in [0, 0.05) is 18.7 Å². The van der Waals surface area contributed by atoms with Gasteiger partial charge in [-0.25, -0.2) is 0 Å². The molecule has 1 aromatic carbocycles.